The number of allylic oxidation sites excluding steroid dienone is 3. The molecule has 0 bridgehead atoms. The lowest BCUT2D eigenvalue weighted by atomic mass is 9.59. The van der Waals surface area contributed by atoms with Crippen LogP contribution in [0.1, 0.15) is 86.5 Å². The van der Waals surface area contributed by atoms with Gasteiger partial charge in [0, 0.05) is 0 Å². The summed E-state index contributed by atoms with van der Waals surface area (Å²) in [4.78, 5) is 0. The molecule has 0 heterocycles. The van der Waals surface area contributed by atoms with E-state index in [-0.39, 0.29) is 16.9 Å². The van der Waals surface area contributed by atoms with Crippen LogP contribution in [0.15, 0.2) is 23.8 Å². The molecule has 6 atom stereocenters. The first-order chi connectivity index (χ1) is 13.0. The highest BCUT2D eigenvalue weighted by Gasteiger charge is 2.52. The molecule has 0 spiro atoms. The van der Waals surface area contributed by atoms with E-state index in [4.69, 9.17) is 0 Å². The van der Waals surface area contributed by atoms with Crippen molar-refractivity contribution in [1.29, 1.82) is 0 Å². The zero-order chi connectivity index (χ0) is 21.1. The summed E-state index contributed by atoms with van der Waals surface area (Å²) in [6.45, 7) is 13.8. The summed E-state index contributed by atoms with van der Waals surface area (Å²) < 4.78 is 0. The van der Waals surface area contributed by atoms with Crippen molar-refractivity contribution in [2.75, 3.05) is 0 Å². The van der Waals surface area contributed by atoms with Crippen molar-refractivity contribution in [2.24, 2.45) is 28.6 Å². The third kappa shape index (κ3) is 5.29. The molecule has 2 rings (SSSR count). The van der Waals surface area contributed by atoms with Crippen molar-refractivity contribution in [2.45, 2.75) is 105 Å². The summed E-state index contributed by atoms with van der Waals surface area (Å²) in [5.41, 5.74) is 1.62. The Balaban J connectivity index is 2.01. The highest BCUT2D eigenvalue weighted by atomic mass is 16.3. The second kappa shape index (κ2) is 9.45. The van der Waals surface area contributed by atoms with Crippen molar-refractivity contribution in [3.8, 4) is 0 Å². The third-order valence-electron chi connectivity index (χ3n) is 8.34. The summed E-state index contributed by atoms with van der Waals surface area (Å²) in [6, 6.07) is 0. The zero-order valence-electron chi connectivity index (χ0n) is 19.0. The number of aliphatic hydroxyl groups is 3. The minimum absolute atomic E-state index is 0.195. The standard InChI is InChI=1S/C25H44O3/c1-17(2)23(28)11-10-18(3)25(6)13-12-20(24(25,4)5)9-7-8-19-14-21(26)16-22(27)15-19/h7-9,17-18,20-23,26-28H,10-16H2,1-6H3/t18-,20+,21+,22+,23-,25?/m0/s1. The van der Waals surface area contributed by atoms with Crippen molar-refractivity contribution in [3.63, 3.8) is 0 Å². The fourth-order valence-electron chi connectivity index (χ4n) is 5.48. The van der Waals surface area contributed by atoms with Crippen molar-refractivity contribution >= 4 is 0 Å². The maximum atomic E-state index is 10.2. The van der Waals surface area contributed by atoms with E-state index in [0.29, 0.717) is 37.0 Å². The van der Waals surface area contributed by atoms with Gasteiger partial charge in [-0.3, -0.25) is 0 Å². The van der Waals surface area contributed by atoms with Gasteiger partial charge in [0.25, 0.3) is 0 Å². The van der Waals surface area contributed by atoms with Crippen LogP contribution in [-0.4, -0.2) is 33.6 Å². The van der Waals surface area contributed by atoms with Gasteiger partial charge in [0.05, 0.1) is 18.3 Å². The first-order valence-electron chi connectivity index (χ1n) is 11.4. The quantitative estimate of drug-likeness (QED) is 0.554. The molecule has 162 valence electrons. The zero-order valence-corrected chi connectivity index (χ0v) is 19.0. The molecule has 3 nitrogen and oxygen atoms in total. The smallest absolute Gasteiger partial charge is 0.0602 e. The highest BCUT2D eigenvalue weighted by molar-refractivity contribution is 5.19. The largest absolute Gasteiger partial charge is 0.393 e. The summed E-state index contributed by atoms with van der Waals surface area (Å²) in [5.74, 6) is 1.44. The first kappa shape index (κ1) is 23.6. The SMILES string of the molecule is CC(C)[C@@H](O)CC[C@H](C)C1(C)CC[C@@H](C=CC=C2C[C@@H](O)C[C@H](O)C2)C1(C)C. The fraction of sp³-hybridized carbons (Fsp3) is 0.840. The van der Waals surface area contributed by atoms with Gasteiger partial charge in [-0.05, 0) is 73.5 Å². The molecule has 2 saturated carbocycles. The van der Waals surface area contributed by atoms with Crippen molar-refractivity contribution in [3.05, 3.63) is 23.8 Å². The minimum atomic E-state index is -0.406. The van der Waals surface area contributed by atoms with E-state index in [1.165, 1.54) is 12.8 Å². The maximum absolute atomic E-state index is 10.2. The summed E-state index contributed by atoms with van der Waals surface area (Å²) >= 11 is 0. The van der Waals surface area contributed by atoms with E-state index >= 15 is 0 Å². The van der Waals surface area contributed by atoms with E-state index in [0.717, 1.165) is 18.4 Å². The van der Waals surface area contributed by atoms with Crippen LogP contribution in [0.2, 0.25) is 0 Å². The molecule has 28 heavy (non-hydrogen) atoms. The number of hydrogen-bond acceptors (Lipinski definition) is 3. The molecule has 2 aliphatic rings. The Bertz CT molecular complexity index is 550. The second-order valence-electron chi connectivity index (χ2n) is 10.7. The highest BCUT2D eigenvalue weighted by Crippen LogP contribution is 2.60. The predicted octanol–water partition coefficient (Wildman–Crippen LogP) is 5.25. The Hall–Kier alpha value is -0.640. The normalized spacial score (nSPS) is 35.5. The van der Waals surface area contributed by atoms with Gasteiger partial charge >= 0.3 is 0 Å². The van der Waals surface area contributed by atoms with E-state index in [9.17, 15) is 15.3 Å². The summed E-state index contributed by atoms with van der Waals surface area (Å²) in [5, 5.41) is 29.9. The molecule has 0 aliphatic heterocycles. The van der Waals surface area contributed by atoms with Gasteiger partial charge in [0.1, 0.15) is 0 Å². The Morgan fingerprint density at radius 1 is 1.04 bits per heavy atom. The van der Waals surface area contributed by atoms with Crippen LogP contribution in [-0.2, 0) is 0 Å². The van der Waals surface area contributed by atoms with Crippen LogP contribution in [0.25, 0.3) is 0 Å². The predicted molar refractivity (Wildman–Crippen MR) is 117 cm³/mol. The molecule has 3 heteroatoms. The van der Waals surface area contributed by atoms with Gasteiger partial charge in [-0.2, -0.15) is 0 Å². The van der Waals surface area contributed by atoms with E-state index in [1.807, 2.05) is 0 Å². The van der Waals surface area contributed by atoms with Gasteiger partial charge in [0.2, 0.25) is 0 Å². The van der Waals surface area contributed by atoms with E-state index < -0.39 is 12.2 Å². The number of rotatable bonds is 7. The van der Waals surface area contributed by atoms with Gasteiger partial charge < -0.3 is 15.3 Å². The molecule has 0 aromatic carbocycles. The van der Waals surface area contributed by atoms with Gasteiger partial charge in [-0.1, -0.05) is 65.3 Å². The number of aliphatic hydroxyl groups excluding tert-OH is 3. The van der Waals surface area contributed by atoms with Crippen LogP contribution < -0.4 is 0 Å². The average molecular weight is 393 g/mol. The number of hydrogen-bond donors (Lipinski definition) is 3. The fourth-order valence-corrected chi connectivity index (χ4v) is 5.48. The minimum Gasteiger partial charge on any atom is -0.393 e. The Morgan fingerprint density at radius 2 is 1.64 bits per heavy atom. The molecule has 0 aromatic heterocycles. The average Bonchev–Trinajstić information content (AvgIpc) is 2.82. The summed E-state index contributed by atoms with van der Waals surface area (Å²) in [7, 11) is 0. The van der Waals surface area contributed by atoms with E-state index in [1.54, 1.807) is 0 Å². The van der Waals surface area contributed by atoms with Crippen molar-refractivity contribution < 1.29 is 15.3 Å². The second-order valence-corrected chi connectivity index (χ2v) is 10.7. The lowest BCUT2D eigenvalue weighted by molar-refractivity contribution is 0.0277. The Labute approximate surface area is 172 Å². The molecule has 0 radical (unpaired) electrons. The first-order valence-corrected chi connectivity index (χ1v) is 11.4. The molecule has 0 saturated heterocycles. The van der Waals surface area contributed by atoms with E-state index in [2.05, 4.69) is 59.8 Å². The van der Waals surface area contributed by atoms with Crippen molar-refractivity contribution in [1.82, 2.24) is 0 Å². The Morgan fingerprint density at radius 3 is 2.21 bits per heavy atom. The molecule has 2 aliphatic carbocycles. The van der Waals surface area contributed by atoms with Crippen LogP contribution in [0.5, 0.6) is 0 Å². The molecule has 0 amide bonds. The molecule has 0 aromatic rings. The van der Waals surface area contributed by atoms with Crippen LogP contribution in [0, 0.1) is 28.6 Å². The topological polar surface area (TPSA) is 60.7 Å². The maximum Gasteiger partial charge on any atom is 0.0602 e. The molecule has 3 N–H and O–H groups in total. The lowest BCUT2D eigenvalue weighted by Gasteiger charge is -2.46. The summed E-state index contributed by atoms with van der Waals surface area (Å²) in [6.07, 6.45) is 11.9. The van der Waals surface area contributed by atoms with Crippen LogP contribution in [0.4, 0.5) is 0 Å². The molecular weight excluding hydrogens is 348 g/mol. The molecule has 1 unspecified atom stereocenters. The molecular formula is C25H44O3. The van der Waals surface area contributed by atoms with Crippen LogP contribution in [0.3, 0.4) is 0 Å². The Kier molecular flexibility index (Phi) is 7.98. The molecule has 2 fully saturated rings. The monoisotopic (exact) mass is 392 g/mol. The third-order valence-corrected chi connectivity index (χ3v) is 8.34. The van der Waals surface area contributed by atoms with Gasteiger partial charge in [0.15, 0.2) is 0 Å². The van der Waals surface area contributed by atoms with Crippen LogP contribution >= 0.6 is 0 Å². The lowest BCUT2D eigenvalue weighted by Crippen LogP contribution is -2.39. The van der Waals surface area contributed by atoms with Gasteiger partial charge in [-0.25, -0.2) is 0 Å². The van der Waals surface area contributed by atoms with Gasteiger partial charge in [-0.15, -0.1) is 0 Å².